The molecule has 2 amide bonds. The molecule has 1 aliphatic carbocycles. The Morgan fingerprint density at radius 1 is 1.06 bits per heavy atom. The molecule has 0 bridgehead atoms. The van der Waals surface area contributed by atoms with Gasteiger partial charge in [-0.15, -0.1) is 0 Å². The molecule has 0 aromatic heterocycles. The van der Waals surface area contributed by atoms with Crippen LogP contribution >= 0.6 is 23.5 Å². The minimum atomic E-state index is -0.105. The van der Waals surface area contributed by atoms with Gasteiger partial charge in [0.25, 0.3) is 5.91 Å². The lowest BCUT2D eigenvalue weighted by Crippen LogP contribution is -2.40. The number of hydrogen-bond acceptors (Lipinski definition) is 6. The van der Waals surface area contributed by atoms with Crippen molar-refractivity contribution in [3.63, 3.8) is 0 Å². The van der Waals surface area contributed by atoms with E-state index in [1.54, 1.807) is 11.8 Å². The molecule has 0 radical (unpaired) electrons. The monoisotopic (exact) mass is 492 g/mol. The number of thioether (sulfide) groups is 2. The van der Waals surface area contributed by atoms with Gasteiger partial charge >= 0.3 is 0 Å². The van der Waals surface area contributed by atoms with E-state index in [0.717, 1.165) is 64.4 Å². The number of para-hydroxylation sites is 1. The number of nitrogens with one attached hydrogen (secondary N) is 1. The number of nitrogens with zero attached hydrogens (tertiary/aromatic N) is 3. The Morgan fingerprint density at radius 3 is 2.50 bits per heavy atom. The van der Waals surface area contributed by atoms with Gasteiger partial charge < -0.3 is 10.2 Å². The first-order valence-electron chi connectivity index (χ1n) is 11.8. The fraction of sp³-hybridized carbons (Fsp3) is 0.346. The molecule has 2 aromatic rings. The molecule has 2 fully saturated rings. The SMILES string of the molecule is CCN1C(=C2SC(=Nc3ccc(NC(C)=O)cc3)N(C3CCCCC3)C2=O)Sc2ccccc21. The Bertz CT molecular complexity index is 1170. The summed E-state index contributed by atoms with van der Waals surface area (Å²) in [6, 6.07) is 16.0. The molecule has 0 unspecified atom stereocenters. The summed E-state index contributed by atoms with van der Waals surface area (Å²) in [5.74, 6) is -0.0365. The first-order chi connectivity index (χ1) is 16.5. The molecule has 0 spiro atoms. The molecule has 1 saturated carbocycles. The van der Waals surface area contributed by atoms with Crippen molar-refractivity contribution < 1.29 is 9.59 Å². The van der Waals surface area contributed by atoms with Crippen LogP contribution in [0.4, 0.5) is 17.1 Å². The quantitative estimate of drug-likeness (QED) is 0.505. The standard InChI is InChI=1S/C26H28N4O2S2/c1-3-29-21-11-7-8-12-22(21)33-25(29)23-24(32)30(20-9-5-4-6-10-20)26(34-23)28-19-15-13-18(14-16-19)27-17(2)31/h7-8,11-16,20H,3-6,9-10H2,1-2H3,(H,27,31). The molecule has 2 heterocycles. The van der Waals surface area contributed by atoms with Crippen LogP contribution in [0, 0.1) is 0 Å². The van der Waals surface area contributed by atoms with Gasteiger partial charge in [0.2, 0.25) is 5.91 Å². The van der Waals surface area contributed by atoms with Crippen LogP contribution in [0.5, 0.6) is 0 Å². The molecule has 5 rings (SSSR count). The second-order valence-electron chi connectivity index (χ2n) is 8.64. The number of rotatable bonds is 4. The summed E-state index contributed by atoms with van der Waals surface area (Å²) in [7, 11) is 0. The molecular formula is C26H28N4O2S2. The van der Waals surface area contributed by atoms with Crippen LogP contribution in [0.25, 0.3) is 0 Å². The Balaban J connectivity index is 1.52. The molecule has 0 atom stereocenters. The number of carbonyl (C=O) groups excluding carboxylic acids is 2. The van der Waals surface area contributed by atoms with E-state index in [2.05, 4.69) is 29.3 Å². The maximum atomic E-state index is 13.9. The molecule has 176 valence electrons. The fourth-order valence-electron chi connectivity index (χ4n) is 4.70. The van der Waals surface area contributed by atoms with Crippen molar-refractivity contribution >= 4 is 57.6 Å². The maximum Gasteiger partial charge on any atom is 0.269 e. The number of hydrogen-bond donors (Lipinski definition) is 1. The zero-order chi connectivity index (χ0) is 23.7. The number of benzene rings is 2. The smallest absolute Gasteiger partial charge is 0.269 e. The zero-order valence-electron chi connectivity index (χ0n) is 19.4. The van der Waals surface area contributed by atoms with Crippen molar-refractivity contribution in [1.82, 2.24) is 4.90 Å². The predicted octanol–water partition coefficient (Wildman–Crippen LogP) is 6.34. The van der Waals surface area contributed by atoms with E-state index >= 15 is 0 Å². The lowest BCUT2D eigenvalue weighted by Gasteiger charge is -2.30. The van der Waals surface area contributed by atoms with Gasteiger partial charge in [-0.25, -0.2) is 4.99 Å². The average Bonchev–Trinajstić information content (AvgIpc) is 3.37. The lowest BCUT2D eigenvalue weighted by atomic mass is 9.94. The van der Waals surface area contributed by atoms with Gasteiger partial charge in [0.1, 0.15) is 9.93 Å². The molecule has 2 aromatic carbocycles. The third kappa shape index (κ3) is 4.49. The van der Waals surface area contributed by atoms with E-state index in [4.69, 9.17) is 4.99 Å². The Hall–Kier alpha value is -2.71. The summed E-state index contributed by atoms with van der Waals surface area (Å²) in [6.45, 7) is 4.42. The van der Waals surface area contributed by atoms with Crippen molar-refractivity contribution in [3.8, 4) is 0 Å². The maximum absolute atomic E-state index is 13.9. The number of carbonyl (C=O) groups is 2. The first-order valence-corrected chi connectivity index (χ1v) is 13.4. The molecule has 1 saturated heterocycles. The largest absolute Gasteiger partial charge is 0.334 e. The van der Waals surface area contributed by atoms with Crippen LogP contribution in [0.3, 0.4) is 0 Å². The zero-order valence-corrected chi connectivity index (χ0v) is 21.0. The van der Waals surface area contributed by atoms with Gasteiger partial charge in [-0.2, -0.15) is 0 Å². The van der Waals surface area contributed by atoms with Crippen molar-refractivity contribution in [2.24, 2.45) is 4.99 Å². The van der Waals surface area contributed by atoms with Crippen molar-refractivity contribution in [2.45, 2.75) is 56.9 Å². The number of amides is 2. The molecule has 34 heavy (non-hydrogen) atoms. The van der Waals surface area contributed by atoms with Crippen LogP contribution in [0.1, 0.15) is 46.0 Å². The van der Waals surface area contributed by atoms with Gasteiger partial charge in [-0.3, -0.25) is 14.5 Å². The summed E-state index contributed by atoms with van der Waals surface area (Å²) in [5.41, 5.74) is 2.66. The number of fused-ring (bicyclic) bond motifs is 1. The highest BCUT2D eigenvalue weighted by atomic mass is 32.2. The van der Waals surface area contributed by atoms with Crippen LogP contribution in [0.15, 0.2) is 68.4 Å². The predicted molar refractivity (Wildman–Crippen MR) is 141 cm³/mol. The Kier molecular flexibility index (Phi) is 6.70. The Morgan fingerprint density at radius 2 is 1.79 bits per heavy atom. The summed E-state index contributed by atoms with van der Waals surface area (Å²) >= 11 is 3.17. The van der Waals surface area contributed by atoms with Gasteiger partial charge in [0, 0.05) is 30.1 Å². The minimum Gasteiger partial charge on any atom is -0.334 e. The van der Waals surface area contributed by atoms with Crippen LogP contribution in [-0.2, 0) is 9.59 Å². The molecular weight excluding hydrogens is 464 g/mol. The van der Waals surface area contributed by atoms with Crippen molar-refractivity contribution in [1.29, 1.82) is 0 Å². The van der Waals surface area contributed by atoms with E-state index in [-0.39, 0.29) is 17.9 Å². The highest BCUT2D eigenvalue weighted by Crippen LogP contribution is 2.51. The number of aliphatic imine (C=N–C) groups is 1. The highest BCUT2D eigenvalue weighted by Gasteiger charge is 2.42. The lowest BCUT2D eigenvalue weighted by molar-refractivity contribution is -0.124. The molecule has 3 aliphatic rings. The number of anilines is 2. The topological polar surface area (TPSA) is 65.0 Å². The highest BCUT2D eigenvalue weighted by molar-refractivity contribution is 8.19. The van der Waals surface area contributed by atoms with Crippen molar-refractivity contribution in [2.75, 3.05) is 16.8 Å². The second-order valence-corrected chi connectivity index (χ2v) is 10.6. The summed E-state index contributed by atoms with van der Waals surface area (Å²) in [6.07, 6.45) is 5.54. The fourth-order valence-corrected chi connectivity index (χ4v) is 7.16. The van der Waals surface area contributed by atoms with E-state index in [1.165, 1.54) is 30.0 Å². The summed E-state index contributed by atoms with van der Waals surface area (Å²) < 4.78 is 0. The normalized spacial score (nSPS) is 21.9. The average molecular weight is 493 g/mol. The third-order valence-corrected chi connectivity index (χ3v) is 8.64. The summed E-state index contributed by atoms with van der Waals surface area (Å²) in [4.78, 5) is 36.2. The van der Waals surface area contributed by atoms with E-state index in [9.17, 15) is 9.59 Å². The second kappa shape index (κ2) is 9.88. The molecule has 8 heteroatoms. The van der Waals surface area contributed by atoms with Crippen LogP contribution in [-0.4, -0.2) is 34.5 Å². The van der Waals surface area contributed by atoms with Gasteiger partial charge in [-0.05, 0) is 67.9 Å². The van der Waals surface area contributed by atoms with E-state index in [0.29, 0.717) is 0 Å². The van der Waals surface area contributed by atoms with Crippen LogP contribution < -0.4 is 10.2 Å². The van der Waals surface area contributed by atoms with E-state index < -0.39 is 0 Å². The minimum absolute atomic E-state index is 0.0688. The van der Waals surface area contributed by atoms with Crippen molar-refractivity contribution in [3.05, 3.63) is 58.5 Å². The number of amidine groups is 1. The van der Waals surface area contributed by atoms with Gasteiger partial charge in [0.05, 0.1) is 11.4 Å². The molecule has 1 N–H and O–H groups in total. The summed E-state index contributed by atoms with van der Waals surface area (Å²) in [5, 5.41) is 4.54. The van der Waals surface area contributed by atoms with Gasteiger partial charge in [-0.1, -0.05) is 43.2 Å². The van der Waals surface area contributed by atoms with E-state index in [1.807, 2.05) is 41.3 Å². The van der Waals surface area contributed by atoms with Crippen LogP contribution in [0.2, 0.25) is 0 Å². The third-order valence-electron chi connectivity index (χ3n) is 6.28. The first kappa shape index (κ1) is 23.1. The van der Waals surface area contributed by atoms with Gasteiger partial charge in [0.15, 0.2) is 5.17 Å². The molecule has 2 aliphatic heterocycles. The Labute approximate surface area is 208 Å². The molecule has 6 nitrogen and oxygen atoms in total.